The fraction of sp³-hybridized carbons (Fsp3) is 0. The van der Waals surface area contributed by atoms with E-state index >= 15 is 0 Å². The Bertz CT molecular complexity index is 494. The molecule has 3 heteroatoms. The summed E-state index contributed by atoms with van der Waals surface area (Å²) in [5.74, 6) is 0.206. The first-order chi connectivity index (χ1) is 7.29. The van der Waals surface area contributed by atoms with Crippen LogP contribution in [0.4, 0.5) is 5.69 Å². The van der Waals surface area contributed by atoms with E-state index in [9.17, 15) is 10.0 Å². The molecule has 0 radical (unpaired) electrons. The highest BCUT2D eigenvalue weighted by molar-refractivity contribution is 5.68. The molecule has 0 amide bonds. The van der Waals surface area contributed by atoms with Gasteiger partial charge in [-0.1, -0.05) is 24.3 Å². The quantitative estimate of drug-likeness (QED) is 0.753. The molecule has 0 spiro atoms. The van der Waals surface area contributed by atoms with E-state index in [1.807, 2.05) is 12.1 Å². The van der Waals surface area contributed by atoms with Crippen LogP contribution in [0.2, 0.25) is 0 Å². The highest BCUT2D eigenvalue weighted by Crippen LogP contribution is 2.26. The summed E-state index contributed by atoms with van der Waals surface area (Å²) >= 11 is 0. The highest BCUT2D eigenvalue weighted by atomic mass is 16.3. The predicted molar refractivity (Wildman–Crippen MR) is 59.0 cm³/mol. The zero-order valence-electron chi connectivity index (χ0n) is 7.92. The number of phenols is 1. The Labute approximate surface area is 87.0 Å². The number of aromatic hydroxyl groups is 1. The van der Waals surface area contributed by atoms with Crippen molar-refractivity contribution in [3.63, 3.8) is 0 Å². The van der Waals surface area contributed by atoms with Crippen LogP contribution in [0.1, 0.15) is 0 Å². The van der Waals surface area contributed by atoms with Gasteiger partial charge in [0.1, 0.15) is 11.4 Å². The second kappa shape index (κ2) is 3.92. The first-order valence-corrected chi connectivity index (χ1v) is 4.52. The fourth-order valence-electron chi connectivity index (χ4n) is 1.43. The van der Waals surface area contributed by atoms with Gasteiger partial charge in [0.2, 0.25) is 0 Å². The van der Waals surface area contributed by atoms with E-state index in [4.69, 9.17) is 0 Å². The number of hydrogen-bond acceptors (Lipinski definition) is 3. The zero-order chi connectivity index (χ0) is 10.7. The van der Waals surface area contributed by atoms with Crippen molar-refractivity contribution in [3.8, 4) is 16.9 Å². The molecule has 2 aromatic carbocycles. The van der Waals surface area contributed by atoms with Gasteiger partial charge >= 0.3 is 0 Å². The number of phenolic OH excluding ortho intramolecular Hbond substituents is 1. The maximum Gasteiger partial charge on any atom is 0.116 e. The van der Waals surface area contributed by atoms with Crippen LogP contribution in [-0.4, -0.2) is 5.11 Å². The molecule has 0 saturated carbocycles. The zero-order valence-corrected chi connectivity index (χ0v) is 7.92. The van der Waals surface area contributed by atoms with Gasteiger partial charge in [0.15, 0.2) is 0 Å². The summed E-state index contributed by atoms with van der Waals surface area (Å²) in [6, 6.07) is 13.8. The molecule has 0 aliphatic carbocycles. The molecule has 1 N–H and O–H groups in total. The summed E-state index contributed by atoms with van der Waals surface area (Å²) in [6.45, 7) is 0. The third-order valence-electron chi connectivity index (χ3n) is 2.13. The van der Waals surface area contributed by atoms with E-state index in [2.05, 4.69) is 5.18 Å². The van der Waals surface area contributed by atoms with Crippen molar-refractivity contribution in [1.82, 2.24) is 0 Å². The second-order valence-electron chi connectivity index (χ2n) is 3.19. The van der Waals surface area contributed by atoms with Gasteiger partial charge in [-0.05, 0) is 40.6 Å². The van der Waals surface area contributed by atoms with Crippen molar-refractivity contribution in [2.75, 3.05) is 0 Å². The lowest BCUT2D eigenvalue weighted by Crippen LogP contribution is -1.76. The minimum absolute atomic E-state index is 0.206. The molecule has 0 aliphatic rings. The molecule has 0 aromatic heterocycles. The maximum atomic E-state index is 10.4. The van der Waals surface area contributed by atoms with Crippen LogP contribution in [0, 0.1) is 4.91 Å². The molecule has 0 fully saturated rings. The normalized spacial score (nSPS) is 9.87. The van der Waals surface area contributed by atoms with Crippen molar-refractivity contribution in [2.24, 2.45) is 5.18 Å². The largest absolute Gasteiger partial charge is 0.508 e. The van der Waals surface area contributed by atoms with Gasteiger partial charge in [-0.3, -0.25) is 0 Å². The number of nitrogens with zero attached hydrogens (tertiary/aromatic N) is 1. The summed E-state index contributed by atoms with van der Waals surface area (Å²) < 4.78 is 0. The molecule has 0 unspecified atom stereocenters. The Kier molecular flexibility index (Phi) is 2.46. The molecule has 0 aliphatic heterocycles. The molecular weight excluding hydrogens is 190 g/mol. The van der Waals surface area contributed by atoms with Gasteiger partial charge in [0, 0.05) is 0 Å². The number of hydrogen-bond donors (Lipinski definition) is 1. The summed E-state index contributed by atoms with van der Waals surface area (Å²) in [4.78, 5) is 10.4. The van der Waals surface area contributed by atoms with Crippen LogP contribution in [0.3, 0.4) is 0 Å². The summed E-state index contributed by atoms with van der Waals surface area (Å²) in [5, 5.41) is 12.2. The van der Waals surface area contributed by atoms with Gasteiger partial charge in [-0.2, -0.15) is 0 Å². The number of nitroso groups, excluding NO2 is 1. The third kappa shape index (κ3) is 2.02. The summed E-state index contributed by atoms with van der Waals surface area (Å²) in [7, 11) is 0. The number of rotatable bonds is 2. The van der Waals surface area contributed by atoms with Crippen molar-refractivity contribution in [1.29, 1.82) is 0 Å². The lowest BCUT2D eigenvalue weighted by molar-refractivity contribution is 0.475. The Morgan fingerprint density at radius 1 is 0.933 bits per heavy atom. The molecule has 3 nitrogen and oxygen atoms in total. The Morgan fingerprint density at radius 3 is 2.27 bits per heavy atom. The lowest BCUT2D eigenvalue weighted by Gasteiger charge is -2.02. The summed E-state index contributed by atoms with van der Waals surface area (Å²) in [5.41, 5.74) is 2.11. The predicted octanol–water partition coefficient (Wildman–Crippen LogP) is 3.46. The van der Waals surface area contributed by atoms with Crippen molar-refractivity contribution >= 4 is 5.69 Å². The van der Waals surface area contributed by atoms with E-state index in [1.54, 1.807) is 36.4 Å². The topological polar surface area (TPSA) is 49.7 Å². The van der Waals surface area contributed by atoms with Crippen LogP contribution in [0.15, 0.2) is 53.7 Å². The summed E-state index contributed by atoms with van der Waals surface area (Å²) in [6.07, 6.45) is 0. The molecule has 0 bridgehead atoms. The van der Waals surface area contributed by atoms with Crippen molar-refractivity contribution in [2.45, 2.75) is 0 Å². The van der Waals surface area contributed by atoms with Gasteiger partial charge in [-0.15, -0.1) is 4.91 Å². The first kappa shape index (κ1) is 9.40. The SMILES string of the molecule is O=Nc1cccc(-c2cccc(O)c2)c1. The van der Waals surface area contributed by atoms with Crippen LogP contribution in [-0.2, 0) is 0 Å². The Hall–Kier alpha value is -2.16. The van der Waals surface area contributed by atoms with Gasteiger partial charge in [-0.25, -0.2) is 0 Å². The van der Waals surface area contributed by atoms with Crippen molar-refractivity contribution < 1.29 is 5.11 Å². The van der Waals surface area contributed by atoms with Crippen LogP contribution in [0.25, 0.3) is 11.1 Å². The third-order valence-corrected chi connectivity index (χ3v) is 2.13. The molecule has 2 rings (SSSR count). The molecule has 0 heterocycles. The van der Waals surface area contributed by atoms with E-state index < -0.39 is 0 Å². The highest BCUT2D eigenvalue weighted by Gasteiger charge is 1.99. The Balaban J connectivity index is 2.49. The second-order valence-corrected chi connectivity index (χ2v) is 3.19. The first-order valence-electron chi connectivity index (χ1n) is 4.52. The van der Waals surface area contributed by atoms with Crippen molar-refractivity contribution in [3.05, 3.63) is 53.4 Å². The lowest BCUT2D eigenvalue weighted by atomic mass is 10.1. The molecule has 0 saturated heterocycles. The van der Waals surface area contributed by atoms with E-state index in [0.29, 0.717) is 5.69 Å². The van der Waals surface area contributed by atoms with Crippen LogP contribution in [0.5, 0.6) is 5.75 Å². The maximum absolute atomic E-state index is 10.4. The molecule has 2 aromatic rings. The van der Waals surface area contributed by atoms with E-state index in [1.165, 1.54) is 0 Å². The minimum Gasteiger partial charge on any atom is -0.508 e. The van der Waals surface area contributed by atoms with E-state index in [0.717, 1.165) is 11.1 Å². The molecule has 15 heavy (non-hydrogen) atoms. The van der Waals surface area contributed by atoms with Gasteiger partial charge in [0.05, 0.1) is 0 Å². The monoisotopic (exact) mass is 199 g/mol. The van der Waals surface area contributed by atoms with Gasteiger partial charge in [0.25, 0.3) is 0 Å². The van der Waals surface area contributed by atoms with Gasteiger partial charge < -0.3 is 5.11 Å². The minimum atomic E-state index is 0.206. The molecule has 74 valence electrons. The standard InChI is InChI=1S/C12H9NO2/c14-12-6-2-4-10(8-12)9-3-1-5-11(7-9)13-15/h1-8,14H. The number of benzene rings is 2. The van der Waals surface area contributed by atoms with Crippen LogP contribution >= 0.6 is 0 Å². The fourth-order valence-corrected chi connectivity index (χ4v) is 1.43. The smallest absolute Gasteiger partial charge is 0.116 e. The van der Waals surface area contributed by atoms with Crippen LogP contribution < -0.4 is 0 Å². The average molecular weight is 199 g/mol. The molecule has 0 atom stereocenters. The van der Waals surface area contributed by atoms with E-state index in [-0.39, 0.29) is 5.75 Å². The Morgan fingerprint density at radius 2 is 1.60 bits per heavy atom. The average Bonchev–Trinajstić information content (AvgIpc) is 2.29. The molecular formula is C12H9NO2.